The van der Waals surface area contributed by atoms with Crippen LogP contribution >= 0.6 is 23.1 Å². The van der Waals surface area contributed by atoms with Crippen molar-refractivity contribution in [2.24, 2.45) is 0 Å². The second-order valence-corrected chi connectivity index (χ2v) is 4.69. The van der Waals surface area contributed by atoms with Gasteiger partial charge in [-0.05, 0) is 17.7 Å². The van der Waals surface area contributed by atoms with Crippen LogP contribution in [0.2, 0.25) is 4.34 Å². The number of halogens is 1. The summed E-state index contributed by atoms with van der Waals surface area (Å²) in [6.07, 6.45) is 0. The van der Waals surface area contributed by atoms with Crippen LogP contribution in [-0.2, 0) is 18.0 Å². The first-order valence-electron chi connectivity index (χ1n) is 4.97. The maximum Gasteiger partial charge on any atom is 0.139 e. The molecule has 4 nitrogen and oxygen atoms in total. The van der Waals surface area contributed by atoms with Gasteiger partial charge in [0.05, 0.1) is 20.3 Å². The van der Waals surface area contributed by atoms with E-state index in [2.05, 4.69) is 9.59 Å². The summed E-state index contributed by atoms with van der Waals surface area (Å²) in [6, 6.07) is 7.73. The van der Waals surface area contributed by atoms with Gasteiger partial charge >= 0.3 is 0 Å². The molecule has 0 aliphatic rings. The van der Waals surface area contributed by atoms with Gasteiger partial charge in [0, 0.05) is 11.5 Å². The molecule has 17 heavy (non-hydrogen) atoms. The highest BCUT2D eigenvalue weighted by Gasteiger charge is 2.05. The molecule has 0 N–H and O–H groups in total. The lowest BCUT2D eigenvalue weighted by Gasteiger charge is -2.05. The van der Waals surface area contributed by atoms with Gasteiger partial charge in [0.1, 0.15) is 15.8 Å². The zero-order valence-electron chi connectivity index (χ0n) is 9.22. The molecule has 1 heterocycles. The SMILES string of the molecule is COc1cccc(COCc2nnsc2Cl)c1. The molecule has 1 aromatic carbocycles. The number of rotatable bonds is 5. The second-order valence-electron chi connectivity index (χ2n) is 3.34. The molecule has 0 fully saturated rings. The largest absolute Gasteiger partial charge is 0.497 e. The predicted octanol–water partition coefficient (Wildman–Crippen LogP) is 2.92. The minimum atomic E-state index is 0.368. The third-order valence-electron chi connectivity index (χ3n) is 2.15. The summed E-state index contributed by atoms with van der Waals surface area (Å²) in [6.45, 7) is 0.859. The van der Waals surface area contributed by atoms with Crippen molar-refractivity contribution in [3.63, 3.8) is 0 Å². The van der Waals surface area contributed by atoms with Gasteiger partial charge < -0.3 is 9.47 Å². The third kappa shape index (κ3) is 3.39. The van der Waals surface area contributed by atoms with Crippen LogP contribution in [0.1, 0.15) is 11.3 Å². The van der Waals surface area contributed by atoms with E-state index in [1.165, 1.54) is 0 Å². The van der Waals surface area contributed by atoms with Crippen molar-refractivity contribution in [2.75, 3.05) is 7.11 Å². The van der Waals surface area contributed by atoms with Crippen molar-refractivity contribution in [2.45, 2.75) is 13.2 Å². The van der Waals surface area contributed by atoms with E-state index >= 15 is 0 Å². The number of nitrogens with zero attached hydrogens (tertiary/aromatic N) is 2. The fourth-order valence-corrected chi connectivity index (χ4v) is 1.91. The lowest BCUT2D eigenvalue weighted by Crippen LogP contribution is -1.95. The Kier molecular flexibility index (Phi) is 4.30. The van der Waals surface area contributed by atoms with Gasteiger partial charge in [0.2, 0.25) is 0 Å². The van der Waals surface area contributed by atoms with Gasteiger partial charge in [-0.1, -0.05) is 28.2 Å². The standard InChI is InChI=1S/C11H11ClN2O2S/c1-15-9-4-2-3-8(5-9)6-16-7-10-11(12)17-14-13-10/h2-5H,6-7H2,1H3. The number of aromatic nitrogens is 2. The molecule has 0 saturated heterocycles. The van der Waals surface area contributed by atoms with E-state index in [-0.39, 0.29) is 0 Å². The number of hydrogen-bond donors (Lipinski definition) is 0. The lowest BCUT2D eigenvalue weighted by atomic mass is 10.2. The van der Waals surface area contributed by atoms with Gasteiger partial charge in [0.15, 0.2) is 0 Å². The maximum atomic E-state index is 5.86. The normalized spacial score (nSPS) is 10.5. The zero-order valence-corrected chi connectivity index (χ0v) is 10.8. The van der Waals surface area contributed by atoms with Gasteiger partial charge in [-0.3, -0.25) is 0 Å². The van der Waals surface area contributed by atoms with Gasteiger partial charge in [-0.25, -0.2) is 0 Å². The van der Waals surface area contributed by atoms with Crippen LogP contribution in [0.4, 0.5) is 0 Å². The smallest absolute Gasteiger partial charge is 0.139 e. The topological polar surface area (TPSA) is 44.2 Å². The van der Waals surface area contributed by atoms with Crippen molar-refractivity contribution in [1.82, 2.24) is 9.59 Å². The quantitative estimate of drug-likeness (QED) is 0.838. The van der Waals surface area contributed by atoms with Crippen LogP contribution in [0.25, 0.3) is 0 Å². The summed E-state index contributed by atoms with van der Waals surface area (Å²) in [5, 5.41) is 3.87. The molecule has 6 heteroatoms. The van der Waals surface area contributed by atoms with E-state index in [1.807, 2.05) is 24.3 Å². The highest BCUT2D eigenvalue weighted by molar-refractivity contribution is 7.10. The summed E-state index contributed by atoms with van der Waals surface area (Å²) in [5.41, 5.74) is 1.73. The molecule has 0 unspecified atom stereocenters. The third-order valence-corrected chi connectivity index (χ3v) is 3.14. The number of ether oxygens (including phenoxy) is 2. The first kappa shape index (κ1) is 12.3. The molecule has 0 amide bonds. The maximum absolute atomic E-state index is 5.86. The van der Waals surface area contributed by atoms with Crippen LogP contribution < -0.4 is 4.74 Å². The number of methoxy groups -OCH3 is 1. The fraction of sp³-hybridized carbons (Fsp3) is 0.273. The Balaban J connectivity index is 1.87. The lowest BCUT2D eigenvalue weighted by molar-refractivity contribution is 0.104. The Labute approximate surface area is 108 Å². The van der Waals surface area contributed by atoms with Crippen LogP contribution in [0.5, 0.6) is 5.75 Å². The summed E-state index contributed by atoms with van der Waals surface area (Å²) in [4.78, 5) is 0. The number of benzene rings is 1. The molecule has 0 spiro atoms. The molecular weight excluding hydrogens is 260 g/mol. The van der Waals surface area contributed by atoms with E-state index in [4.69, 9.17) is 21.1 Å². The van der Waals surface area contributed by atoms with Crippen molar-refractivity contribution < 1.29 is 9.47 Å². The average molecular weight is 271 g/mol. The zero-order chi connectivity index (χ0) is 12.1. The molecule has 0 atom stereocenters. The molecule has 0 aliphatic carbocycles. The minimum Gasteiger partial charge on any atom is -0.497 e. The molecule has 0 aliphatic heterocycles. The Morgan fingerprint density at radius 2 is 2.24 bits per heavy atom. The van der Waals surface area contributed by atoms with Crippen molar-refractivity contribution in [3.05, 3.63) is 39.9 Å². The highest BCUT2D eigenvalue weighted by atomic mass is 35.5. The Bertz CT molecular complexity index is 490. The molecule has 0 saturated carbocycles. The van der Waals surface area contributed by atoms with Gasteiger partial charge in [-0.2, -0.15) is 0 Å². The Hall–Kier alpha value is -1.17. The van der Waals surface area contributed by atoms with Crippen molar-refractivity contribution in [3.8, 4) is 5.75 Å². The van der Waals surface area contributed by atoms with Crippen molar-refractivity contribution >= 4 is 23.1 Å². The molecule has 2 aromatic rings. The van der Waals surface area contributed by atoms with E-state index < -0.39 is 0 Å². The van der Waals surface area contributed by atoms with Crippen LogP contribution in [0.3, 0.4) is 0 Å². The Morgan fingerprint density at radius 1 is 1.35 bits per heavy atom. The van der Waals surface area contributed by atoms with E-state index in [0.29, 0.717) is 23.2 Å². The monoisotopic (exact) mass is 270 g/mol. The van der Waals surface area contributed by atoms with Crippen LogP contribution in [-0.4, -0.2) is 16.7 Å². The summed E-state index contributed by atoms with van der Waals surface area (Å²) in [5.74, 6) is 0.819. The van der Waals surface area contributed by atoms with Crippen LogP contribution in [0, 0.1) is 0 Å². The summed E-state index contributed by atoms with van der Waals surface area (Å²) in [7, 11) is 1.64. The molecular formula is C11H11ClN2O2S. The molecule has 0 radical (unpaired) electrons. The Morgan fingerprint density at radius 3 is 2.94 bits per heavy atom. The van der Waals surface area contributed by atoms with E-state index in [0.717, 1.165) is 22.8 Å². The highest BCUT2D eigenvalue weighted by Crippen LogP contribution is 2.19. The second kappa shape index (κ2) is 5.95. The molecule has 0 bridgehead atoms. The van der Waals surface area contributed by atoms with E-state index in [9.17, 15) is 0 Å². The first-order chi connectivity index (χ1) is 8.29. The first-order valence-corrected chi connectivity index (χ1v) is 6.12. The molecule has 90 valence electrons. The van der Waals surface area contributed by atoms with Gasteiger partial charge in [0.25, 0.3) is 0 Å². The van der Waals surface area contributed by atoms with Crippen molar-refractivity contribution in [1.29, 1.82) is 0 Å². The van der Waals surface area contributed by atoms with Gasteiger partial charge in [-0.15, -0.1) is 5.10 Å². The molecule has 1 aromatic heterocycles. The fourth-order valence-electron chi connectivity index (χ4n) is 1.31. The minimum absolute atomic E-state index is 0.368. The predicted molar refractivity (Wildman–Crippen MR) is 66.4 cm³/mol. The average Bonchev–Trinajstić information content (AvgIpc) is 2.76. The summed E-state index contributed by atoms with van der Waals surface area (Å²) < 4.78 is 15.0. The van der Waals surface area contributed by atoms with E-state index in [1.54, 1.807) is 7.11 Å². The number of hydrogen-bond acceptors (Lipinski definition) is 5. The van der Waals surface area contributed by atoms with Crippen LogP contribution in [0.15, 0.2) is 24.3 Å². The summed E-state index contributed by atoms with van der Waals surface area (Å²) >= 11 is 7.02. The molecule has 2 rings (SSSR count).